The summed E-state index contributed by atoms with van der Waals surface area (Å²) >= 11 is 5.11. The van der Waals surface area contributed by atoms with Crippen molar-refractivity contribution in [1.29, 1.82) is 0 Å². The van der Waals surface area contributed by atoms with Crippen LogP contribution in [-0.4, -0.2) is 11.8 Å². The van der Waals surface area contributed by atoms with Crippen LogP contribution < -0.4 is 10.6 Å². The van der Waals surface area contributed by atoms with Crippen molar-refractivity contribution in [2.75, 3.05) is 0 Å². The lowest BCUT2D eigenvalue weighted by atomic mass is 10.1. The van der Waals surface area contributed by atoms with Gasteiger partial charge >= 0.3 is 0 Å². The van der Waals surface area contributed by atoms with Crippen LogP contribution in [0.15, 0.2) is 24.3 Å². The lowest BCUT2D eigenvalue weighted by Crippen LogP contribution is -2.20. The molecule has 0 aliphatic rings. The van der Waals surface area contributed by atoms with Crippen molar-refractivity contribution in [1.82, 2.24) is 4.84 Å². The Morgan fingerprint density at radius 1 is 1.23 bits per heavy atom. The lowest BCUT2D eigenvalue weighted by Gasteiger charge is -2.02. The molecule has 1 aromatic carbocycles. The van der Waals surface area contributed by atoms with Crippen LogP contribution in [-0.2, 0) is 0 Å². The van der Waals surface area contributed by atoms with Crippen molar-refractivity contribution in [3.05, 3.63) is 35.4 Å². The topological polar surface area (TPSA) is 72.2 Å². The molecule has 0 spiro atoms. The van der Waals surface area contributed by atoms with Gasteiger partial charge in [0.15, 0.2) is 0 Å². The average Bonchev–Trinajstić information content (AvgIpc) is 2.16. The van der Waals surface area contributed by atoms with Crippen LogP contribution in [0.25, 0.3) is 0 Å². The minimum absolute atomic E-state index is 0.153. The van der Waals surface area contributed by atoms with Gasteiger partial charge in [-0.1, -0.05) is 12.1 Å². The molecule has 68 valence electrons. The number of nitrogens with one attached hydrogen (secondary N) is 1. The maximum Gasteiger partial charge on any atom is 0.266 e. The standard InChI is InChI=1S/C8H7ClN2O2/c9-11-8(13)6-4-2-1-3-5(6)7(10)12/h1-4H,(H2,10,12)(H,11,13). The maximum atomic E-state index is 11.1. The third-order valence-corrected chi connectivity index (χ3v) is 1.69. The number of rotatable bonds is 2. The largest absolute Gasteiger partial charge is 0.366 e. The Balaban J connectivity index is 3.19. The number of hydrogen-bond acceptors (Lipinski definition) is 2. The lowest BCUT2D eigenvalue weighted by molar-refractivity contribution is 0.0956. The predicted octanol–water partition coefficient (Wildman–Crippen LogP) is 0.669. The number of hydrogen-bond donors (Lipinski definition) is 2. The van der Waals surface area contributed by atoms with Gasteiger partial charge < -0.3 is 5.73 Å². The van der Waals surface area contributed by atoms with E-state index in [1.54, 1.807) is 12.1 Å². The van der Waals surface area contributed by atoms with E-state index in [0.717, 1.165) is 0 Å². The first kappa shape index (κ1) is 9.54. The summed E-state index contributed by atoms with van der Waals surface area (Å²) in [5, 5.41) is 0. The summed E-state index contributed by atoms with van der Waals surface area (Å²) in [6.07, 6.45) is 0. The van der Waals surface area contributed by atoms with Gasteiger partial charge in [-0.3, -0.25) is 14.4 Å². The first-order valence-electron chi connectivity index (χ1n) is 3.46. The summed E-state index contributed by atoms with van der Waals surface area (Å²) in [7, 11) is 0. The predicted molar refractivity (Wildman–Crippen MR) is 48.3 cm³/mol. The van der Waals surface area contributed by atoms with E-state index in [4.69, 9.17) is 17.5 Å². The molecule has 0 atom stereocenters. The molecule has 0 bridgehead atoms. The van der Waals surface area contributed by atoms with E-state index in [2.05, 4.69) is 0 Å². The highest BCUT2D eigenvalue weighted by Gasteiger charge is 2.12. The number of halogens is 1. The number of primary amides is 1. The number of nitrogens with two attached hydrogens (primary N) is 1. The van der Waals surface area contributed by atoms with Crippen molar-refractivity contribution < 1.29 is 9.59 Å². The number of carbonyl (C=O) groups is 2. The minimum Gasteiger partial charge on any atom is -0.366 e. The fraction of sp³-hybridized carbons (Fsp3) is 0. The van der Waals surface area contributed by atoms with E-state index in [-0.39, 0.29) is 11.1 Å². The van der Waals surface area contributed by atoms with E-state index in [0.29, 0.717) is 0 Å². The molecule has 2 amide bonds. The second-order valence-corrected chi connectivity index (χ2v) is 2.52. The van der Waals surface area contributed by atoms with Crippen molar-refractivity contribution in [3.8, 4) is 0 Å². The summed E-state index contributed by atoms with van der Waals surface area (Å²) in [5.41, 5.74) is 5.37. The molecule has 4 nitrogen and oxygen atoms in total. The molecular weight excluding hydrogens is 192 g/mol. The second kappa shape index (κ2) is 3.91. The Morgan fingerprint density at radius 3 is 2.23 bits per heavy atom. The zero-order chi connectivity index (χ0) is 9.84. The highest BCUT2D eigenvalue weighted by atomic mass is 35.5. The fourth-order valence-electron chi connectivity index (χ4n) is 0.947. The van der Waals surface area contributed by atoms with Gasteiger partial charge in [0, 0.05) is 11.8 Å². The summed E-state index contributed by atoms with van der Waals surface area (Å²) in [5.74, 6) is -1.20. The fourth-order valence-corrected chi connectivity index (χ4v) is 1.05. The molecule has 13 heavy (non-hydrogen) atoms. The van der Waals surface area contributed by atoms with E-state index in [1.807, 2.05) is 4.84 Å². The molecule has 0 saturated carbocycles. The van der Waals surface area contributed by atoms with E-state index >= 15 is 0 Å². The molecule has 5 heteroatoms. The molecular formula is C8H7ClN2O2. The Labute approximate surface area is 79.8 Å². The molecule has 0 heterocycles. The van der Waals surface area contributed by atoms with Gasteiger partial charge in [-0.15, -0.1) is 0 Å². The van der Waals surface area contributed by atoms with Crippen LogP contribution in [0, 0.1) is 0 Å². The molecule has 0 fully saturated rings. The Hall–Kier alpha value is -1.55. The first-order valence-corrected chi connectivity index (χ1v) is 3.84. The van der Waals surface area contributed by atoms with Gasteiger partial charge in [-0.05, 0) is 12.1 Å². The summed E-state index contributed by atoms with van der Waals surface area (Å²) < 4.78 is 0. The van der Waals surface area contributed by atoms with Crippen molar-refractivity contribution in [2.45, 2.75) is 0 Å². The van der Waals surface area contributed by atoms with Crippen LogP contribution in [0.1, 0.15) is 20.7 Å². The first-order chi connectivity index (χ1) is 6.16. The normalized spacial score (nSPS) is 9.31. The molecule has 3 N–H and O–H groups in total. The van der Waals surface area contributed by atoms with Gasteiger partial charge in [0.05, 0.1) is 11.1 Å². The van der Waals surface area contributed by atoms with Gasteiger partial charge in [0.1, 0.15) is 0 Å². The third kappa shape index (κ3) is 1.97. The summed E-state index contributed by atoms with van der Waals surface area (Å²) in [4.78, 5) is 23.8. The Morgan fingerprint density at radius 2 is 1.77 bits per heavy atom. The highest BCUT2D eigenvalue weighted by molar-refractivity contribution is 6.25. The SMILES string of the molecule is NC(=O)c1ccccc1C(=O)NCl. The molecule has 0 radical (unpaired) electrons. The van der Waals surface area contributed by atoms with Crippen LogP contribution >= 0.6 is 11.8 Å². The van der Waals surface area contributed by atoms with Crippen LogP contribution in [0.3, 0.4) is 0 Å². The number of carbonyl (C=O) groups excluding carboxylic acids is 2. The second-order valence-electron chi connectivity index (χ2n) is 2.33. The minimum atomic E-state index is -0.657. The Kier molecular flexibility index (Phi) is 2.87. The molecule has 1 aromatic rings. The molecule has 0 saturated heterocycles. The number of amides is 2. The third-order valence-electron chi connectivity index (χ3n) is 1.52. The average molecular weight is 199 g/mol. The number of benzene rings is 1. The molecule has 0 aliphatic carbocycles. The smallest absolute Gasteiger partial charge is 0.266 e. The monoisotopic (exact) mass is 198 g/mol. The van der Waals surface area contributed by atoms with Crippen molar-refractivity contribution in [3.63, 3.8) is 0 Å². The molecule has 0 aliphatic heterocycles. The van der Waals surface area contributed by atoms with Gasteiger partial charge in [-0.2, -0.15) is 0 Å². The van der Waals surface area contributed by atoms with Gasteiger partial charge in [0.25, 0.3) is 5.91 Å². The van der Waals surface area contributed by atoms with Gasteiger partial charge in [0.2, 0.25) is 5.91 Å². The zero-order valence-electron chi connectivity index (χ0n) is 6.58. The van der Waals surface area contributed by atoms with Gasteiger partial charge in [-0.25, -0.2) is 0 Å². The molecule has 1 rings (SSSR count). The summed E-state index contributed by atoms with van der Waals surface area (Å²) in [6, 6.07) is 6.17. The zero-order valence-corrected chi connectivity index (χ0v) is 7.34. The summed E-state index contributed by atoms with van der Waals surface area (Å²) in [6.45, 7) is 0. The molecule has 0 unspecified atom stereocenters. The highest BCUT2D eigenvalue weighted by Crippen LogP contribution is 2.07. The van der Waals surface area contributed by atoms with E-state index in [1.165, 1.54) is 12.1 Å². The van der Waals surface area contributed by atoms with E-state index in [9.17, 15) is 9.59 Å². The quantitative estimate of drug-likeness (QED) is 0.686. The van der Waals surface area contributed by atoms with Crippen LogP contribution in [0.2, 0.25) is 0 Å². The van der Waals surface area contributed by atoms with E-state index < -0.39 is 11.8 Å². The van der Waals surface area contributed by atoms with Crippen molar-refractivity contribution >= 4 is 23.6 Å². The maximum absolute atomic E-state index is 11.1. The van der Waals surface area contributed by atoms with Crippen LogP contribution in [0.5, 0.6) is 0 Å². The van der Waals surface area contributed by atoms with Crippen LogP contribution in [0.4, 0.5) is 0 Å². The Bertz CT molecular complexity index is 352. The molecule has 0 aromatic heterocycles. The van der Waals surface area contributed by atoms with Crippen molar-refractivity contribution in [2.24, 2.45) is 5.73 Å².